The summed E-state index contributed by atoms with van der Waals surface area (Å²) < 4.78 is 0. The van der Waals surface area contributed by atoms with E-state index in [0.29, 0.717) is 12.6 Å². The molecule has 2 aliphatic rings. The first kappa shape index (κ1) is 20.4. The number of rotatable bonds is 6. The number of hydrogen-bond acceptors (Lipinski definition) is 3. The molecular formula is C16H32IN3OS. The minimum absolute atomic E-state index is 0. The third kappa shape index (κ3) is 6.43. The van der Waals surface area contributed by atoms with E-state index in [9.17, 15) is 5.11 Å². The summed E-state index contributed by atoms with van der Waals surface area (Å²) in [6.07, 6.45) is 8.04. The van der Waals surface area contributed by atoms with Gasteiger partial charge in [-0.2, -0.15) is 11.8 Å². The standard InChI is InChI=1S/C16H31N3OS.HI/c1-3-17-15(18-12-16(20)9-6-10-16)19-13-7-5-8-14(11-13)21-4-2;/h13-14,20H,3-12H2,1-2H3,(H2,17,18,19);1H. The Kier molecular flexibility index (Phi) is 9.47. The number of guanidine groups is 1. The second-order valence-electron chi connectivity index (χ2n) is 6.36. The lowest BCUT2D eigenvalue weighted by Gasteiger charge is -2.35. The second kappa shape index (κ2) is 10.2. The van der Waals surface area contributed by atoms with Crippen molar-refractivity contribution >= 4 is 41.7 Å². The Morgan fingerprint density at radius 2 is 2.05 bits per heavy atom. The lowest BCUT2D eigenvalue weighted by molar-refractivity contribution is -0.0236. The molecule has 0 amide bonds. The first-order chi connectivity index (χ1) is 10.1. The molecule has 0 aromatic carbocycles. The Morgan fingerprint density at radius 3 is 2.64 bits per heavy atom. The van der Waals surface area contributed by atoms with Gasteiger partial charge >= 0.3 is 0 Å². The zero-order valence-corrected chi connectivity index (χ0v) is 17.1. The number of aliphatic imine (C=N–C) groups is 1. The van der Waals surface area contributed by atoms with Gasteiger partial charge in [0.05, 0.1) is 12.1 Å². The van der Waals surface area contributed by atoms with Crippen LogP contribution in [0.25, 0.3) is 0 Å². The van der Waals surface area contributed by atoms with Gasteiger partial charge in [-0.3, -0.25) is 4.99 Å². The van der Waals surface area contributed by atoms with Crippen molar-refractivity contribution in [3.05, 3.63) is 0 Å². The molecule has 2 unspecified atom stereocenters. The summed E-state index contributed by atoms with van der Waals surface area (Å²) in [6, 6.07) is 0.525. The number of hydrogen-bond donors (Lipinski definition) is 3. The van der Waals surface area contributed by atoms with E-state index < -0.39 is 5.60 Å². The van der Waals surface area contributed by atoms with Gasteiger partial charge in [-0.25, -0.2) is 0 Å². The highest BCUT2D eigenvalue weighted by Gasteiger charge is 2.34. The van der Waals surface area contributed by atoms with Crippen LogP contribution in [-0.4, -0.2) is 46.8 Å². The number of thioether (sulfide) groups is 1. The van der Waals surface area contributed by atoms with Crippen LogP contribution >= 0.6 is 35.7 Å². The summed E-state index contributed by atoms with van der Waals surface area (Å²) >= 11 is 2.09. The van der Waals surface area contributed by atoms with Crippen LogP contribution in [-0.2, 0) is 0 Å². The molecule has 0 aromatic rings. The third-order valence-corrected chi connectivity index (χ3v) is 5.76. The summed E-state index contributed by atoms with van der Waals surface area (Å²) in [5.41, 5.74) is -0.532. The first-order valence-corrected chi connectivity index (χ1v) is 9.59. The zero-order chi connectivity index (χ0) is 15.1. The highest BCUT2D eigenvalue weighted by atomic mass is 127. The highest BCUT2D eigenvalue weighted by Crippen LogP contribution is 2.31. The topological polar surface area (TPSA) is 56.7 Å². The predicted molar refractivity (Wildman–Crippen MR) is 108 cm³/mol. The Labute approximate surface area is 156 Å². The Balaban J connectivity index is 0.00000242. The van der Waals surface area contributed by atoms with Gasteiger partial charge in [0.25, 0.3) is 0 Å². The maximum Gasteiger partial charge on any atom is 0.191 e. The van der Waals surface area contributed by atoms with E-state index in [-0.39, 0.29) is 24.0 Å². The molecule has 0 aliphatic heterocycles. The lowest BCUT2D eigenvalue weighted by Crippen LogP contribution is -2.47. The summed E-state index contributed by atoms with van der Waals surface area (Å²) in [7, 11) is 0. The minimum Gasteiger partial charge on any atom is -0.388 e. The maximum atomic E-state index is 10.2. The van der Waals surface area contributed by atoms with Crippen molar-refractivity contribution in [3.63, 3.8) is 0 Å². The van der Waals surface area contributed by atoms with Crippen LogP contribution in [0.2, 0.25) is 0 Å². The monoisotopic (exact) mass is 441 g/mol. The van der Waals surface area contributed by atoms with E-state index in [1.807, 2.05) is 0 Å². The number of aliphatic hydroxyl groups is 1. The van der Waals surface area contributed by atoms with Gasteiger partial charge in [0.1, 0.15) is 0 Å². The van der Waals surface area contributed by atoms with Crippen molar-refractivity contribution in [2.45, 2.75) is 75.7 Å². The molecular weight excluding hydrogens is 409 g/mol. The quantitative estimate of drug-likeness (QED) is 0.337. The van der Waals surface area contributed by atoms with Crippen molar-refractivity contribution in [2.75, 3.05) is 18.8 Å². The van der Waals surface area contributed by atoms with Crippen molar-refractivity contribution < 1.29 is 5.11 Å². The van der Waals surface area contributed by atoms with Crippen LogP contribution in [0.15, 0.2) is 4.99 Å². The average molecular weight is 441 g/mol. The molecule has 2 fully saturated rings. The molecule has 3 N–H and O–H groups in total. The Morgan fingerprint density at radius 1 is 1.27 bits per heavy atom. The summed E-state index contributed by atoms with van der Waals surface area (Å²) in [4.78, 5) is 4.61. The van der Waals surface area contributed by atoms with E-state index in [1.165, 1.54) is 31.4 Å². The van der Waals surface area contributed by atoms with Crippen LogP contribution in [0.5, 0.6) is 0 Å². The molecule has 0 radical (unpaired) electrons. The van der Waals surface area contributed by atoms with Crippen molar-refractivity contribution in [1.29, 1.82) is 0 Å². The molecule has 2 saturated carbocycles. The zero-order valence-electron chi connectivity index (χ0n) is 13.9. The average Bonchev–Trinajstić information content (AvgIpc) is 2.44. The SMILES string of the molecule is CCNC(=NCC1(O)CCC1)NC1CCCC(SCC)C1.I. The Bertz CT molecular complexity index is 348. The van der Waals surface area contributed by atoms with E-state index in [1.54, 1.807) is 0 Å². The van der Waals surface area contributed by atoms with Crippen LogP contribution in [0.1, 0.15) is 58.8 Å². The van der Waals surface area contributed by atoms with Gasteiger partial charge in [0.15, 0.2) is 5.96 Å². The van der Waals surface area contributed by atoms with Gasteiger partial charge in [-0.05, 0) is 51.2 Å². The molecule has 4 nitrogen and oxygen atoms in total. The minimum atomic E-state index is -0.532. The highest BCUT2D eigenvalue weighted by molar-refractivity contribution is 14.0. The van der Waals surface area contributed by atoms with Gasteiger partial charge in [0.2, 0.25) is 0 Å². The van der Waals surface area contributed by atoms with E-state index >= 15 is 0 Å². The molecule has 2 aliphatic carbocycles. The molecule has 2 atom stereocenters. The summed E-state index contributed by atoms with van der Waals surface area (Å²) in [6.45, 7) is 5.73. The number of nitrogens with zero attached hydrogens (tertiary/aromatic N) is 1. The van der Waals surface area contributed by atoms with Gasteiger partial charge in [-0.15, -0.1) is 24.0 Å². The molecule has 0 heterocycles. The van der Waals surface area contributed by atoms with Gasteiger partial charge in [-0.1, -0.05) is 13.3 Å². The fraction of sp³-hybridized carbons (Fsp3) is 0.938. The van der Waals surface area contributed by atoms with Gasteiger partial charge < -0.3 is 15.7 Å². The second-order valence-corrected chi connectivity index (χ2v) is 7.94. The lowest BCUT2D eigenvalue weighted by atomic mass is 9.80. The van der Waals surface area contributed by atoms with E-state index in [2.05, 4.69) is 41.2 Å². The molecule has 0 aromatic heterocycles. The van der Waals surface area contributed by atoms with Crippen LogP contribution in [0.3, 0.4) is 0 Å². The largest absolute Gasteiger partial charge is 0.388 e. The van der Waals surface area contributed by atoms with Crippen molar-refractivity contribution in [3.8, 4) is 0 Å². The number of halogens is 1. The maximum absolute atomic E-state index is 10.2. The van der Waals surface area contributed by atoms with Gasteiger partial charge in [0, 0.05) is 17.8 Å². The fourth-order valence-electron chi connectivity index (χ4n) is 3.15. The number of nitrogens with one attached hydrogen (secondary N) is 2. The smallest absolute Gasteiger partial charge is 0.191 e. The molecule has 22 heavy (non-hydrogen) atoms. The molecule has 130 valence electrons. The van der Waals surface area contributed by atoms with Crippen molar-refractivity contribution in [2.24, 2.45) is 4.99 Å². The van der Waals surface area contributed by atoms with Crippen LogP contribution in [0, 0.1) is 0 Å². The molecule has 0 bridgehead atoms. The fourth-order valence-corrected chi connectivity index (χ4v) is 4.32. The molecule has 0 spiro atoms. The van der Waals surface area contributed by atoms with Crippen molar-refractivity contribution in [1.82, 2.24) is 10.6 Å². The first-order valence-electron chi connectivity index (χ1n) is 8.54. The van der Waals surface area contributed by atoms with Crippen LogP contribution in [0.4, 0.5) is 0 Å². The Hall–Kier alpha value is 0.310. The molecule has 0 saturated heterocycles. The normalized spacial score (nSPS) is 27.5. The van der Waals surface area contributed by atoms with Crippen LogP contribution < -0.4 is 10.6 Å². The van der Waals surface area contributed by atoms with E-state index in [4.69, 9.17) is 0 Å². The summed E-state index contributed by atoms with van der Waals surface area (Å²) in [5.74, 6) is 2.09. The third-order valence-electron chi connectivity index (χ3n) is 4.53. The summed E-state index contributed by atoms with van der Waals surface area (Å²) in [5, 5.41) is 17.9. The molecule has 2 rings (SSSR count). The van der Waals surface area contributed by atoms with E-state index in [0.717, 1.165) is 37.0 Å². The predicted octanol–water partition coefficient (Wildman–Crippen LogP) is 3.14. The molecule has 6 heteroatoms.